The van der Waals surface area contributed by atoms with Crippen molar-refractivity contribution < 1.29 is 14.1 Å². The van der Waals surface area contributed by atoms with E-state index in [9.17, 15) is 4.79 Å². The summed E-state index contributed by atoms with van der Waals surface area (Å²) in [4.78, 5) is 21.0. The highest BCUT2D eigenvalue weighted by Crippen LogP contribution is 2.23. The first-order chi connectivity index (χ1) is 14.7. The molecule has 4 rings (SSSR count). The maximum Gasteiger partial charge on any atom is 0.321 e. The van der Waals surface area contributed by atoms with Gasteiger partial charge in [0.05, 0.1) is 7.11 Å². The third kappa shape index (κ3) is 4.37. The van der Waals surface area contributed by atoms with Gasteiger partial charge < -0.3 is 24.4 Å². The minimum atomic E-state index is -0.0953. The van der Waals surface area contributed by atoms with E-state index in [-0.39, 0.29) is 6.03 Å². The average molecular weight is 407 g/mol. The zero-order valence-electron chi connectivity index (χ0n) is 17.2. The number of aromatic nitrogens is 2. The maximum absolute atomic E-state index is 12.6. The van der Waals surface area contributed by atoms with Crippen molar-refractivity contribution in [2.24, 2.45) is 0 Å². The van der Waals surface area contributed by atoms with Gasteiger partial charge in [0.25, 0.3) is 0 Å². The largest absolute Gasteiger partial charge is 0.497 e. The summed E-state index contributed by atoms with van der Waals surface area (Å²) in [5.74, 6) is 1.96. The Hall–Kier alpha value is -3.55. The van der Waals surface area contributed by atoms with Crippen LogP contribution in [-0.2, 0) is 6.42 Å². The second-order valence-corrected chi connectivity index (χ2v) is 7.05. The van der Waals surface area contributed by atoms with E-state index in [1.54, 1.807) is 7.11 Å². The minimum absolute atomic E-state index is 0.0953. The Morgan fingerprint density at radius 2 is 1.90 bits per heavy atom. The molecule has 30 heavy (non-hydrogen) atoms. The average Bonchev–Trinajstić information content (AvgIpc) is 3.29. The number of ether oxygens (including phenoxy) is 1. The van der Waals surface area contributed by atoms with Crippen LogP contribution in [0, 0.1) is 0 Å². The molecule has 0 atom stereocenters. The van der Waals surface area contributed by atoms with E-state index in [2.05, 4.69) is 32.5 Å². The van der Waals surface area contributed by atoms with Gasteiger partial charge in [-0.05, 0) is 36.4 Å². The van der Waals surface area contributed by atoms with E-state index in [1.165, 1.54) is 0 Å². The second kappa shape index (κ2) is 8.86. The van der Waals surface area contributed by atoms with Gasteiger partial charge in [-0.25, -0.2) is 4.79 Å². The molecule has 1 aromatic heterocycles. The molecule has 3 aromatic rings. The van der Waals surface area contributed by atoms with Crippen LogP contribution in [0.15, 0.2) is 53.1 Å². The number of aryl methyl sites for hydroxylation is 1. The zero-order valence-corrected chi connectivity index (χ0v) is 17.2. The standard InChI is InChI=1S/C22H25N5O3/c1-3-20-24-21(25-30-20)16-7-9-18(10-8-16)26-11-13-27(14-12-26)22(28)23-17-5-4-6-19(15-17)29-2/h4-10,15H,3,11-14H2,1-2H3,(H,23,28). The molecule has 2 heterocycles. The van der Waals surface area contributed by atoms with Crippen LogP contribution in [0.5, 0.6) is 5.75 Å². The van der Waals surface area contributed by atoms with Crippen molar-refractivity contribution >= 4 is 17.4 Å². The van der Waals surface area contributed by atoms with Crippen LogP contribution in [0.25, 0.3) is 11.4 Å². The molecular formula is C22H25N5O3. The van der Waals surface area contributed by atoms with Crippen LogP contribution in [0.2, 0.25) is 0 Å². The van der Waals surface area contributed by atoms with Crippen LogP contribution in [0.1, 0.15) is 12.8 Å². The minimum Gasteiger partial charge on any atom is -0.497 e. The van der Waals surface area contributed by atoms with Crippen molar-refractivity contribution in [3.05, 3.63) is 54.4 Å². The van der Waals surface area contributed by atoms with Gasteiger partial charge in [0.1, 0.15) is 5.75 Å². The molecular weight excluding hydrogens is 382 g/mol. The molecule has 8 nitrogen and oxygen atoms in total. The van der Waals surface area contributed by atoms with E-state index in [1.807, 2.05) is 48.2 Å². The molecule has 1 aliphatic heterocycles. The van der Waals surface area contributed by atoms with E-state index in [0.717, 1.165) is 36.4 Å². The van der Waals surface area contributed by atoms with Gasteiger partial charge in [0.15, 0.2) is 0 Å². The van der Waals surface area contributed by atoms with Crippen molar-refractivity contribution in [3.63, 3.8) is 0 Å². The van der Waals surface area contributed by atoms with Crippen molar-refractivity contribution in [3.8, 4) is 17.1 Å². The summed E-state index contributed by atoms with van der Waals surface area (Å²) in [7, 11) is 1.61. The van der Waals surface area contributed by atoms with Crippen molar-refractivity contribution in [1.82, 2.24) is 15.0 Å². The molecule has 2 amide bonds. The normalized spacial score (nSPS) is 13.9. The van der Waals surface area contributed by atoms with Crippen LogP contribution in [0.4, 0.5) is 16.2 Å². The first-order valence-electron chi connectivity index (χ1n) is 10.0. The summed E-state index contributed by atoms with van der Waals surface area (Å²) in [5.41, 5.74) is 2.77. The Balaban J connectivity index is 1.33. The van der Waals surface area contributed by atoms with E-state index in [0.29, 0.717) is 30.6 Å². The molecule has 1 aliphatic rings. The number of nitrogens with zero attached hydrogens (tertiary/aromatic N) is 4. The van der Waals surface area contributed by atoms with Gasteiger partial charge in [-0.2, -0.15) is 4.98 Å². The molecule has 1 fully saturated rings. The number of piperazine rings is 1. The van der Waals surface area contributed by atoms with E-state index < -0.39 is 0 Å². The molecule has 2 aromatic carbocycles. The third-order valence-corrected chi connectivity index (χ3v) is 5.15. The molecule has 1 saturated heterocycles. The molecule has 0 spiro atoms. The quantitative estimate of drug-likeness (QED) is 0.695. The van der Waals surface area contributed by atoms with Gasteiger partial charge in [-0.1, -0.05) is 18.1 Å². The lowest BCUT2D eigenvalue weighted by atomic mass is 10.1. The molecule has 156 valence electrons. The number of carbonyl (C=O) groups is 1. The predicted octanol–water partition coefficient (Wildman–Crippen LogP) is 3.66. The lowest BCUT2D eigenvalue weighted by Crippen LogP contribution is -2.50. The monoisotopic (exact) mass is 407 g/mol. The fourth-order valence-corrected chi connectivity index (χ4v) is 3.41. The lowest BCUT2D eigenvalue weighted by Gasteiger charge is -2.36. The highest BCUT2D eigenvalue weighted by atomic mass is 16.5. The number of hydrogen-bond donors (Lipinski definition) is 1. The number of benzene rings is 2. The number of anilines is 2. The summed E-state index contributed by atoms with van der Waals surface area (Å²) < 4.78 is 10.4. The molecule has 0 radical (unpaired) electrons. The van der Waals surface area contributed by atoms with Crippen LogP contribution < -0.4 is 15.0 Å². The van der Waals surface area contributed by atoms with Gasteiger partial charge in [-0.15, -0.1) is 0 Å². The van der Waals surface area contributed by atoms with Crippen molar-refractivity contribution in [1.29, 1.82) is 0 Å². The van der Waals surface area contributed by atoms with Crippen molar-refractivity contribution in [2.45, 2.75) is 13.3 Å². The van der Waals surface area contributed by atoms with Crippen molar-refractivity contribution in [2.75, 3.05) is 43.5 Å². The molecule has 1 N–H and O–H groups in total. The summed E-state index contributed by atoms with van der Waals surface area (Å²) in [6.07, 6.45) is 0.723. The summed E-state index contributed by atoms with van der Waals surface area (Å²) >= 11 is 0. The van der Waals surface area contributed by atoms with Gasteiger partial charge in [0.2, 0.25) is 11.7 Å². The Morgan fingerprint density at radius 1 is 1.13 bits per heavy atom. The fraction of sp³-hybridized carbons (Fsp3) is 0.318. The van der Waals surface area contributed by atoms with E-state index in [4.69, 9.17) is 9.26 Å². The molecule has 8 heteroatoms. The van der Waals surface area contributed by atoms with Crippen LogP contribution >= 0.6 is 0 Å². The number of amides is 2. The number of nitrogens with one attached hydrogen (secondary N) is 1. The highest BCUT2D eigenvalue weighted by molar-refractivity contribution is 5.89. The molecule has 0 unspecified atom stereocenters. The summed E-state index contributed by atoms with van der Waals surface area (Å²) in [6.45, 7) is 4.83. The number of rotatable bonds is 5. The zero-order chi connectivity index (χ0) is 20.9. The van der Waals surface area contributed by atoms with Gasteiger partial charge >= 0.3 is 6.03 Å². The third-order valence-electron chi connectivity index (χ3n) is 5.15. The number of methoxy groups -OCH3 is 1. The van der Waals surface area contributed by atoms with Crippen LogP contribution in [-0.4, -0.2) is 54.4 Å². The number of hydrogen-bond acceptors (Lipinski definition) is 6. The number of carbonyl (C=O) groups excluding carboxylic acids is 1. The Labute approximate surface area is 175 Å². The first kappa shape index (κ1) is 19.8. The molecule has 0 saturated carbocycles. The number of urea groups is 1. The Morgan fingerprint density at radius 3 is 2.57 bits per heavy atom. The topological polar surface area (TPSA) is 83.7 Å². The Bertz CT molecular complexity index is 994. The first-order valence-corrected chi connectivity index (χ1v) is 10.0. The summed E-state index contributed by atoms with van der Waals surface area (Å²) in [6, 6.07) is 15.4. The van der Waals surface area contributed by atoms with Gasteiger partial charge in [0, 0.05) is 55.6 Å². The SMILES string of the molecule is CCc1nc(-c2ccc(N3CCN(C(=O)Nc4cccc(OC)c4)CC3)cc2)no1. The predicted molar refractivity (Wildman–Crippen MR) is 115 cm³/mol. The fourth-order valence-electron chi connectivity index (χ4n) is 3.41. The maximum atomic E-state index is 12.6. The smallest absolute Gasteiger partial charge is 0.321 e. The molecule has 0 bridgehead atoms. The highest BCUT2D eigenvalue weighted by Gasteiger charge is 2.21. The van der Waals surface area contributed by atoms with Gasteiger partial charge in [-0.3, -0.25) is 0 Å². The molecule has 0 aliphatic carbocycles. The van der Waals surface area contributed by atoms with Crippen LogP contribution in [0.3, 0.4) is 0 Å². The Kier molecular flexibility index (Phi) is 5.83. The second-order valence-electron chi connectivity index (χ2n) is 7.05. The van der Waals surface area contributed by atoms with E-state index >= 15 is 0 Å². The summed E-state index contributed by atoms with van der Waals surface area (Å²) in [5, 5.41) is 6.95. The lowest BCUT2D eigenvalue weighted by molar-refractivity contribution is 0.208.